The predicted octanol–water partition coefficient (Wildman–Crippen LogP) is 4.97. The van der Waals surface area contributed by atoms with Gasteiger partial charge >= 0.3 is 0 Å². The van der Waals surface area contributed by atoms with Crippen LogP contribution in [0, 0.1) is 0 Å². The molecule has 1 aliphatic carbocycles. The number of nitrogens with zero attached hydrogens (tertiary/aromatic N) is 2. The first-order chi connectivity index (χ1) is 15.1. The molecule has 1 saturated heterocycles. The molecule has 2 aromatic carbocycles. The SMILES string of the molecule is CCN(CC)C(=O)C[C@@H]1CC2(CCN(Cc3ccc(OC)cc3)CC2)c2ccccc21. The van der Waals surface area contributed by atoms with Crippen LogP contribution in [0.25, 0.3) is 0 Å². The number of ether oxygens (including phenoxy) is 1. The molecule has 0 aromatic heterocycles. The maximum Gasteiger partial charge on any atom is 0.223 e. The van der Waals surface area contributed by atoms with Gasteiger partial charge in [-0.15, -0.1) is 0 Å². The molecule has 31 heavy (non-hydrogen) atoms. The zero-order valence-corrected chi connectivity index (χ0v) is 19.3. The molecule has 1 aliphatic heterocycles. The number of hydrogen-bond acceptors (Lipinski definition) is 3. The Kier molecular flexibility index (Phi) is 6.66. The fraction of sp³-hybridized carbons (Fsp3) is 0.519. The monoisotopic (exact) mass is 420 g/mol. The van der Waals surface area contributed by atoms with E-state index < -0.39 is 0 Å². The maximum absolute atomic E-state index is 12.9. The second-order valence-electron chi connectivity index (χ2n) is 9.16. The first-order valence-corrected chi connectivity index (χ1v) is 11.8. The summed E-state index contributed by atoms with van der Waals surface area (Å²) in [5, 5.41) is 0. The van der Waals surface area contributed by atoms with Crippen molar-refractivity contribution in [3.05, 3.63) is 65.2 Å². The quantitative estimate of drug-likeness (QED) is 0.634. The lowest BCUT2D eigenvalue weighted by molar-refractivity contribution is -0.131. The van der Waals surface area contributed by atoms with E-state index in [2.05, 4.69) is 55.1 Å². The Bertz CT molecular complexity index is 880. The van der Waals surface area contributed by atoms with Crippen molar-refractivity contribution >= 4 is 5.91 Å². The summed E-state index contributed by atoms with van der Waals surface area (Å²) in [4.78, 5) is 17.4. The summed E-state index contributed by atoms with van der Waals surface area (Å²) in [6, 6.07) is 17.4. The number of fused-ring (bicyclic) bond motifs is 2. The van der Waals surface area contributed by atoms with Crippen molar-refractivity contribution in [1.82, 2.24) is 9.80 Å². The first-order valence-electron chi connectivity index (χ1n) is 11.8. The summed E-state index contributed by atoms with van der Waals surface area (Å²) in [5.41, 5.74) is 4.51. The van der Waals surface area contributed by atoms with Crippen molar-refractivity contribution in [2.45, 2.75) is 57.4 Å². The van der Waals surface area contributed by atoms with Crippen LogP contribution in [0.1, 0.15) is 62.1 Å². The molecular formula is C27H36N2O2. The molecule has 0 N–H and O–H groups in total. The highest BCUT2D eigenvalue weighted by molar-refractivity contribution is 5.77. The lowest BCUT2D eigenvalue weighted by Crippen LogP contribution is -2.41. The lowest BCUT2D eigenvalue weighted by Gasteiger charge is -2.40. The van der Waals surface area contributed by atoms with Crippen molar-refractivity contribution in [2.75, 3.05) is 33.3 Å². The van der Waals surface area contributed by atoms with Crippen LogP contribution in [0.5, 0.6) is 5.75 Å². The number of carbonyl (C=O) groups is 1. The van der Waals surface area contributed by atoms with E-state index in [9.17, 15) is 4.79 Å². The van der Waals surface area contributed by atoms with E-state index >= 15 is 0 Å². The van der Waals surface area contributed by atoms with Crippen molar-refractivity contribution in [1.29, 1.82) is 0 Å². The van der Waals surface area contributed by atoms with Crippen molar-refractivity contribution in [3.63, 3.8) is 0 Å². The third-order valence-electron chi connectivity index (χ3n) is 7.52. The molecule has 1 amide bonds. The molecule has 1 heterocycles. The Balaban J connectivity index is 1.44. The predicted molar refractivity (Wildman–Crippen MR) is 126 cm³/mol. The van der Waals surface area contributed by atoms with Gasteiger partial charge in [-0.3, -0.25) is 9.69 Å². The molecule has 166 valence electrons. The van der Waals surface area contributed by atoms with E-state index in [1.165, 1.54) is 29.5 Å². The number of amides is 1. The van der Waals surface area contributed by atoms with Crippen molar-refractivity contribution in [3.8, 4) is 5.75 Å². The summed E-state index contributed by atoms with van der Waals surface area (Å²) in [5.74, 6) is 1.57. The number of carbonyl (C=O) groups excluding carboxylic acids is 1. The van der Waals surface area contributed by atoms with Gasteiger partial charge in [0.25, 0.3) is 0 Å². The van der Waals surface area contributed by atoms with Crippen LogP contribution in [0.15, 0.2) is 48.5 Å². The fourth-order valence-electron chi connectivity index (χ4n) is 5.73. The zero-order chi connectivity index (χ0) is 21.8. The Labute approximate surface area is 187 Å². The molecule has 0 saturated carbocycles. The smallest absolute Gasteiger partial charge is 0.223 e. The number of rotatable bonds is 7. The Hall–Kier alpha value is -2.33. The number of benzene rings is 2. The number of methoxy groups -OCH3 is 1. The summed E-state index contributed by atoms with van der Waals surface area (Å²) in [6.45, 7) is 8.96. The normalized spacial score (nSPS) is 19.9. The van der Waals surface area contributed by atoms with Gasteiger partial charge in [0, 0.05) is 26.1 Å². The van der Waals surface area contributed by atoms with E-state index in [1.54, 1.807) is 7.11 Å². The summed E-state index contributed by atoms with van der Waals surface area (Å²) >= 11 is 0. The van der Waals surface area contributed by atoms with Gasteiger partial charge in [-0.25, -0.2) is 0 Å². The highest BCUT2D eigenvalue weighted by Crippen LogP contribution is 2.52. The van der Waals surface area contributed by atoms with Gasteiger partial charge in [-0.05, 0) is 86.4 Å². The van der Waals surface area contributed by atoms with E-state index in [4.69, 9.17) is 4.74 Å². The zero-order valence-electron chi connectivity index (χ0n) is 19.3. The lowest BCUT2D eigenvalue weighted by atomic mass is 9.73. The van der Waals surface area contributed by atoms with Gasteiger partial charge < -0.3 is 9.64 Å². The topological polar surface area (TPSA) is 32.8 Å². The van der Waals surface area contributed by atoms with E-state index in [0.29, 0.717) is 18.2 Å². The van der Waals surface area contributed by atoms with Gasteiger partial charge in [-0.1, -0.05) is 36.4 Å². The summed E-state index contributed by atoms with van der Waals surface area (Å²) in [7, 11) is 1.71. The molecular weight excluding hydrogens is 384 g/mol. The van der Waals surface area contributed by atoms with Crippen molar-refractivity contribution < 1.29 is 9.53 Å². The standard InChI is InChI=1S/C27H36N2O2/c1-4-29(5-2)26(30)18-22-19-27(25-9-7-6-8-24(22)25)14-16-28(17-15-27)20-21-10-12-23(31-3)13-11-21/h6-13,22H,4-5,14-20H2,1-3H3/t22-/m1/s1. The van der Waals surface area contributed by atoms with Crippen LogP contribution >= 0.6 is 0 Å². The Morgan fingerprint density at radius 3 is 2.39 bits per heavy atom. The molecule has 1 atom stereocenters. The minimum Gasteiger partial charge on any atom is -0.497 e. The highest BCUT2D eigenvalue weighted by atomic mass is 16.5. The van der Waals surface area contributed by atoms with Crippen LogP contribution in [0.2, 0.25) is 0 Å². The molecule has 1 fully saturated rings. The largest absolute Gasteiger partial charge is 0.497 e. The molecule has 0 bridgehead atoms. The minimum absolute atomic E-state index is 0.237. The minimum atomic E-state index is 0.237. The molecule has 4 heteroatoms. The third kappa shape index (κ3) is 4.50. The Morgan fingerprint density at radius 1 is 1.06 bits per heavy atom. The van der Waals surface area contributed by atoms with Crippen LogP contribution in [-0.2, 0) is 16.8 Å². The van der Waals surface area contributed by atoms with Crippen LogP contribution < -0.4 is 4.74 Å². The van der Waals surface area contributed by atoms with Gasteiger partial charge in [0.2, 0.25) is 5.91 Å². The third-order valence-corrected chi connectivity index (χ3v) is 7.52. The maximum atomic E-state index is 12.9. The molecule has 4 nitrogen and oxygen atoms in total. The van der Waals surface area contributed by atoms with E-state index in [1.807, 2.05) is 17.0 Å². The van der Waals surface area contributed by atoms with Gasteiger partial charge in [0.1, 0.15) is 5.75 Å². The van der Waals surface area contributed by atoms with E-state index in [0.717, 1.165) is 44.9 Å². The average molecular weight is 421 g/mol. The number of likely N-dealkylation sites (tertiary alicyclic amines) is 1. The van der Waals surface area contributed by atoms with Gasteiger partial charge in [0.05, 0.1) is 7.11 Å². The molecule has 2 aliphatic rings. The average Bonchev–Trinajstić information content (AvgIpc) is 3.10. The molecule has 0 radical (unpaired) electrons. The van der Waals surface area contributed by atoms with Gasteiger partial charge in [-0.2, -0.15) is 0 Å². The van der Waals surface area contributed by atoms with E-state index in [-0.39, 0.29) is 5.41 Å². The summed E-state index contributed by atoms with van der Waals surface area (Å²) in [6.07, 6.45) is 4.12. The molecule has 2 aromatic rings. The molecule has 1 spiro atoms. The van der Waals surface area contributed by atoms with Crippen LogP contribution in [-0.4, -0.2) is 49.0 Å². The van der Waals surface area contributed by atoms with Crippen molar-refractivity contribution in [2.24, 2.45) is 0 Å². The van der Waals surface area contributed by atoms with Crippen LogP contribution in [0.3, 0.4) is 0 Å². The fourth-order valence-corrected chi connectivity index (χ4v) is 5.73. The highest BCUT2D eigenvalue weighted by Gasteiger charge is 2.45. The van der Waals surface area contributed by atoms with Crippen LogP contribution in [0.4, 0.5) is 0 Å². The molecule has 0 unspecified atom stereocenters. The molecule has 4 rings (SSSR count). The Morgan fingerprint density at radius 2 is 1.74 bits per heavy atom. The second-order valence-corrected chi connectivity index (χ2v) is 9.16. The first kappa shape index (κ1) is 21.9. The number of hydrogen-bond donors (Lipinski definition) is 0. The number of piperidine rings is 1. The van der Waals surface area contributed by atoms with Gasteiger partial charge in [0.15, 0.2) is 0 Å². The summed E-state index contributed by atoms with van der Waals surface area (Å²) < 4.78 is 5.28. The second kappa shape index (κ2) is 9.44.